The normalized spacial score (nSPS) is 12.7. The predicted molar refractivity (Wildman–Crippen MR) is 70.8 cm³/mol. The van der Waals surface area contributed by atoms with Crippen LogP contribution in [0.15, 0.2) is 24.3 Å². The molecule has 0 saturated carbocycles. The quantitative estimate of drug-likeness (QED) is 0.872. The van der Waals surface area contributed by atoms with Gasteiger partial charge in [-0.2, -0.15) is 0 Å². The molecule has 1 aromatic carbocycles. The summed E-state index contributed by atoms with van der Waals surface area (Å²) in [5, 5.41) is 0. The largest absolute Gasteiger partial charge is 0.345 e. The predicted octanol–water partition coefficient (Wildman–Crippen LogP) is 2.98. The van der Waals surface area contributed by atoms with Gasteiger partial charge >= 0.3 is 0 Å². The first kappa shape index (κ1) is 12.8. The fourth-order valence-corrected chi connectivity index (χ4v) is 2.02. The van der Waals surface area contributed by atoms with Gasteiger partial charge in [0, 0.05) is 17.2 Å². The molecule has 18 heavy (non-hydrogen) atoms. The zero-order chi connectivity index (χ0) is 13.1. The van der Waals surface area contributed by atoms with E-state index in [4.69, 9.17) is 5.73 Å². The Morgan fingerprint density at radius 3 is 2.78 bits per heavy atom. The number of benzene rings is 1. The lowest BCUT2D eigenvalue weighted by Crippen LogP contribution is -2.05. The molecule has 2 aromatic rings. The summed E-state index contributed by atoms with van der Waals surface area (Å²) < 4.78 is 13.7. The van der Waals surface area contributed by atoms with E-state index in [2.05, 4.69) is 16.9 Å². The molecule has 0 spiro atoms. The Bertz CT molecular complexity index is 534. The second-order valence-electron chi connectivity index (χ2n) is 4.55. The highest BCUT2D eigenvalue weighted by Gasteiger charge is 2.15. The molecular weight excluding hydrogens is 229 g/mol. The molecule has 0 bridgehead atoms. The highest BCUT2D eigenvalue weighted by Crippen LogP contribution is 2.26. The Morgan fingerprint density at radius 2 is 2.11 bits per heavy atom. The van der Waals surface area contributed by atoms with Crippen LogP contribution in [0.3, 0.4) is 0 Å². The van der Waals surface area contributed by atoms with E-state index in [9.17, 15) is 4.39 Å². The molecule has 0 aliphatic rings. The first-order valence-corrected chi connectivity index (χ1v) is 6.15. The number of nitrogens with two attached hydrogens (primary N) is 1. The summed E-state index contributed by atoms with van der Waals surface area (Å²) in [5.74, 6) is 0.885. The Kier molecular flexibility index (Phi) is 3.77. The van der Waals surface area contributed by atoms with E-state index >= 15 is 0 Å². The highest BCUT2D eigenvalue weighted by atomic mass is 19.1. The van der Waals surface area contributed by atoms with Gasteiger partial charge in [-0.15, -0.1) is 0 Å². The van der Waals surface area contributed by atoms with Crippen LogP contribution in [0.2, 0.25) is 0 Å². The van der Waals surface area contributed by atoms with Crippen molar-refractivity contribution in [3.8, 4) is 11.3 Å². The third-order valence-electron chi connectivity index (χ3n) is 3.10. The molecule has 3 N–H and O–H groups in total. The summed E-state index contributed by atoms with van der Waals surface area (Å²) in [6.07, 6.45) is 0.865. The van der Waals surface area contributed by atoms with Gasteiger partial charge in [0.25, 0.3) is 0 Å². The van der Waals surface area contributed by atoms with Crippen LogP contribution in [0.4, 0.5) is 4.39 Å². The molecule has 0 radical (unpaired) electrons. The van der Waals surface area contributed by atoms with E-state index in [1.54, 1.807) is 12.1 Å². The number of H-pyrrole nitrogens is 1. The average Bonchev–Trinajstić information content (AvgIpc) is 2.72. The average molecular weight is 247 g/mol. The molecule has 96 valence electrons. The molecule has 0 aliphatic carbocycles. The summed E-state index contributed by atoms with van der Waals surface area (Å²) >= 11 is 0. The van der Waals surface area contributed by atoms with Crippen molar-refractivity contribution in [1.82, 2.24) is 9.97 Å². The van der Waals surface area contributed by atoms with Crippen molar-refractivity contribution in [3.05, 3.63) is 41.6 Å². The molecule has 2 rings (SSSR count). The summed E-state index contributed by atoms with van der Waals surface area (Å²) in [5.41, 5.74) is 7.66. The Balaban J connectivity index is 2.38. The number of rotatable bonds is 4. The van der Waals surface area contributed by atoms with E-state index in [1.807, 2.05) is 13.0 Å². The monoisotopic (exact) mass is 247 g/mol. The van der Waals surface area contributed by atoms with Crippen molar-refractivity contribution < 1.29 is 4.39 Å². The minimum absolute atomic E-state index is 0.245. The van der Waals surface area contributed by atoms with Gasteiger partial charge in [-0.25, -0.2) is 9.37 Å². The zero-order valence-corrected chi connectivity index (χ0v) is 10.7. The van der Waals surface area contributed by atoms with E-state index in [0.29, 0.717) is 17.8 Å². The Morgan fingerprint density at radius 1 is 1.39 bits per heavy atom. The van der Waals surface area contributed by atoms with Crippen LogP contribution >= 0.6 is 0 Å². The van der Waals surface area contributed by atoms with Gasteiger partial charge in [-0.05, 0) is 32.0 Å². The summed E-state index contributed by atoms with van der Waals surface area (Å²) in [6, 6.07) is 6.69. The maximum Gasteiger partial charge on any atom is 0.132 e. The van der Waals surface area contributed by atoms with E-state index in [-0.39, 0.29) is 11.7 Å². The second-order valence-corrected chi connectivity index (χ2v) is 4.55. The Labute approximate surface area is 106 Å². The number of hydrogen-bond acceptors (Lipinski definition) is 2. The van der Waals surface area contributed by atoms with Crippen molar-refractivity contribution in [1.29, 1.82) is 0 Å². The molecule has 4 heteroatoms. The van der Waals surface area contributed by atoms with Gasteiger partial charge in [0.1, 0.15) is 11.6 Å². The highest BCUT2D eigenvalue weighted by molar-refractivity contribution is 5.62. The number of halogens is 1. The fraction of sp³-hybridized carbons (Fsp3) is 0.357. The van der Waals surface area contributed by atoms with Gasteiger partial charge < -0.3 is 10.7 Å². The smallest absolute Gasteiger partial charge is 0.132 e. The maximum absolute atomic E-state index is 13.7. The summed E-state index contributed by atoms with van der Waals surface area (Å²) in [4.78, 5) is 7.73. The molecule has 3 nitrogen and oxygen atoms in total. The summed E-state index contributed by atoms with van der Waals surface area (Å²) in [7, 11) is 0. The number of nitrogens with one attached hydrogen (secondary N) is 1. The molecule has 0 fully saturated rings. The lowest BCUT2D eigenvalue weighted by molar-refractivity contribution is 0.630. The first-order valence-electron chi connectivity index (χ1n) is 6.15. The number of aromatic amines is 1. The minimum atomic E-state index is -0.245. The van der Waals surface area contributed by atoms with E-state index in [1.165, 1.54) is 6.07 Å². The second kappa shape index (κ2) is 5.31. The van der Waals surface area contributed by atoms with Crippen LogP contribution in [-0.2, 0) is 0 Å². The molecule has 0 aliphatic heterocycles. The van der Waals surface area contributed by atoms with Crippen LogP contribution in [0.1, 0.15) is 30.8 Å². The molecule has 1 heterocycles. The van der Waals surface area contributed by atoms with E-state index < -0.39 is 0 Å². The lowest BCUT2D eigenvalue weighted by Gasteiger charge is -2.05. The number of hydrogen-bond donors (Lipinski definition) is 2. The number of nitrogens with zero attached hydrogens (tertiary/aromatic N) is 1. The van der Waals surface area contributed by atoms with Crippen LogP contribution in [0.5, 0.6) is 0 Å². The number of aromatic nitrogens is 2. The van der Waals surface area contributed by atoms with Gasteiger partial charge in [0.05, 0.1) is 5.69 Å². The minimum Gasteiger partial charge on any atom is -0.345 e. The molecule has 0 saturated heterocycles. The molecule has 1 aromatic heterocycles. The first-order chi connectivity index (χ1) is 8.63. The topological polar surface area (TPSA) is 54.7 Å². The van der Waals surface area contributed by atoms with Gasteiger partial charge in [0.15, 0.2) is 0 Å². The standard InChI is InChI=1S/C14H18FN3/c1-9(7-8-16)14-17-10(2)13(18-14)11-5-3-4-6-12(11)15/h3-6,9H,7-8,16H2,1-2H3,(H,17,18). The van der Waals surface area contributed by atoms with Crippen LogP contribution in [0, 0.1) is 12.7 Å². The van der Waals surface area contributed by atoms with Gasteiger partial charge in [0.2, 0.25) is 0 Å². The SMILES string of the molecule is Cc1[nH]c(C(C)CCN)nc1-c1ccccc1F. The number of aryl methyl sites for hydroxylation is 1. The molecular formula is C14H18FN3. The number of imidazole rings is 1. The van der Waals surface area contributed by atoms with Crippen molar-refractivity contribution in [2.45, 2.75) is 26.2 Å². The lowest BCUT2D eigenvalue weighted by atomic mass is 10.1. The van der Waals surface area contributed by atoms with E-state index in [0.717, 1.165) is 17.9 Å². The van der Waals surface area contributed by atoms with Gasteiger partial charge in [-0.1, -0.05) is 19.1 Å². The molecule has 1 unspecified atom stereocenters. The van der Waals surface area contributed by atoms with Crippen molar-refractivity contribution in [3.63, 3.8) is 0 Å². The van der Waals surface area contributed by atoms with Crippen LogP contribution < -0.4 is 5.73 Å². The van der Waals surface area contributed by atoms with Crippen molar-refractivity contribution in [2.75, 3.05) is 6.54 Å². The fourth-order valence-electron chi connectivity index (χ4n) is 2.02. The molecule has 0 amide bonds. The van der Waals surface area contributed by atoms with Crippen molar-refractivity contribution >= 4 is 0 Å². The third-order valence-corrected chi connectivity index (χ3v) is 3.10. The van der Waals surface area contributed by atoms with Crippen LogP contribution in [-0.4, -0.2) is 16.5 Å². The van der Waals surface area contributed by atoms with Crippen molar-refractivity contribution in [2.24, 2.45) is 5.73 Å². The van der Waals surface area contributed by atoms with Gasteiger partial charge in [-0.3, -0.25) is 0 Å². The zero-order valence-electron chi connectivity index (χ0n) is 10.7. The molecule has 1 atom stereocenters. The maximum atomic E-state index is 13.7. The Hall–Kier alpha value is -1.68. The van der Waals surface area contributed by atoms with Crippen LogP contribution in [0.25, 0.3) is 11.3 Å². The summed E-state index contributed by atoms with van der Waals surface area (Å²) in [6.45, 7) is 4.60. The third kappa shape index (κ3) is 2.43.